The molecular formula is C106H182O10. The van der Waals surface area contributed by atoms with E-state index in [0.717, 1.165) is 23.7 Å². The second-order valence-corrected chi connectivity index (χ2v) is 19.6. The first-order valence-electron chi connectivity index (χ1n) is 41.9. The van der Waals surface area contributed by atoms with Crippen LogP contribution in [0, 0.1) is 0 Å². The summed E-state index contributed by atoms with van der Waals surface area (Å²) in [7, 11) is 27.7. The molecular weight excluding hydrogens is 1430 g/mol. The maximum Gasteiger partial charge on any atom is 0.118 e. The van der Waals surface area contributed by atoms with E-state index >= 15 is 0 Å². The zero-order valence-electron chi connectivity index (χ0n) is 82.4. The van der Waals surface area contributed by atoms with Crippen molar-refractivity contribution in [2.75, 3.05) is 121 Å². The number of rotatable bonds is 7. The summed E-state index contributed by atoms with van der Waals surface area (Å²) in [5.41, 5.74) is 2.74. The molecule has 0 heterocycles. The molecule has 0 N–H and O–H groups in total. The van der Waals surface area contributed by atoms with Crippen LogP contribution in [0.25, 0.3) is 32.3 Å². The van der Waals surface area contributed by atoms with Gasteiger partial charge in [-0.05, 0) is 86.3 Å². The van der Waals surface area contributed by atoms with E-state index in [0.29, 0.717) is 0 Å². The number of unbranched alkanes of at least 4 members (excludes halogenated alkanes) is 2. The second kappa shape index (κ2) is 151. The van der Waals surface area contributed by atoms with E-state index in [-0.39, 0.29) is 0 Å². The lowest BCUT2D eigenvalue weighted by Gasteiger charge is -2.00. The van der Waals surface area contributed by atoms with Crippen LogP contribution in [0.1, 0.15) is 203 Å². The van der Waals surface area contributed by atoms with Crippen molar-refractivity contribution in [1.29, 1.82) is 0 Å². The van der Waals surface area contributed by atoms with Gasteiger partial charge in [0.05, 0.1) is 21.3 Å². The average Bonchev–Trinajstić information content (AvgIpc) is 0.882. The third kappa shape index (κ3) is 121. The van der Waals surface area contributed by atoms with Crippen LogP contribution >= 0.6 is 0 Å². The zero-order valence-corrected chi connectivity index (χ0v) is 82.4. The van der Waals surface area contributed by atoms with Crippen molar-refractivity contribution in [2.24, 2.45) is 0 Å². The average molecular weight is 1620 g/mol. The van der Waals surface area contributed by atoms with Gasteiger partial charge in [0.25, 0.3) is 0 Å². The molecule has 0 aliphatic heterocycles. The number of benzene rings is 11. The molecule has 10 nitrogen and oxygen atoms in total. The van der Waals surface area contributed by atoms with Gasteiger partial charge in [-0.1, -0.05) is 453 Å². The van der Waals surface area contributed by atoms with Crippen molar-refractivity contribution < 1.29 is 47.4 Å². The molecule has 10 heteroatoms. The fourth-order valence-electron chi connectivity index (χ4n) is 6.50. The fraction of sp³-hybridized carbons (Fsp3) is 0.434. The minimum atomic E-state index is 0.910. The normalized spacial score (nSPS) is 7.59. The molecule has 0 aromatic heterocycles. The van der Waals surface area contributed by atoms with Crippen LogP contribution in [-0.4, -0.2) is 121 Å². The van der Waals surface area contributed by atoms with E-state index in [1.165, 1.54) is 69.1 Å². The van der Waals surface area contributed by atoms with Crippen molar-refractivity contribution in [1.82, 2.24) is 0 Å². The summed E-state index contributed by atoms with van der Waals surface area (Å²) in [6, 6.07) is 100. The summed E-state index contributed by atoms with van der Waals surface area (Å²) in [6.45, 7) is 48.7. The Morgan fingerprint density at radius 1 is 0.147 bits per heavy atom. The fourth-order valence-corrected chi connectivity index (χ4v) is 6.50. The lowest BCUT2D eigenvalue weighted by Crippen LogP contribution is -1.85. The predicted molar refractivity (Wildman–Crippen MR) is 532 cm³/mol. The third-order valence-electron chi connectivity index (χ3n) is 11.0. The first kappa shape index (κ1) is 142. The number of fused-ring (bicyclic) bond motifs is 3. The summed E-state index contributed by atoms with van der Waals surface area (Å²) in [6.07, 6.45) is 6.31. The Hall–Kier alpha value is -8.68. The van der Waals surface area contributed by atoms with E-state index in [4.69, 9.17) is 14.2 Å². The van der Waals surface area contributed by atoms with Crippen LogP contribution in [-0.2, 0) is 39.6 Å². The Kier molecular flexibility index (Phi) is 186. The van der Waals surface area contributed by atoms with Crippen molar-refractivity contribution in [2.45, 2.75) is 198 Å². The number of hydrogen-bond donors (Lipinski definition) is 0. The molecule has 0 aliphatic rings. The molecule has 0 saturated carbocycles. The molecule has 0 fully saturated rings. The van der Waals surface area contributed by atoms with Crippen LogP contribution in [0.15, 0.2) is 297 Å². The summed E-state index contributed by atoms with van der Waals surface area (Å²) in [5, 5.41) is 7.86. The quantitative estimate of drug-likeness (QED) is 0.154. The molecule has 0 amide bonds. The molecule has 0 atom stereocenters. The van der Waals surface area contributed by atoms with Gasteiger partial charge in [-0.3, -0.25) is 0 Å². The van der Waals surface area contributed by atoms with Crippen LogP contribution < -0.4 is 14.2 Å². The molecule has 0 aliphatic carbocycles. The molecule has 0 unspecified atom stereocenters. The highest BCUT2D eigenvalue weighted by molar-refractivity contribution is 5.83. The van der Waals surface area contributed by atoms with E-state index in [2.05, 4.69) is 267 Å². The van der Waals surface area contributed by atoms with E-state index in [1.807, 2.05) is 229 Å². The third-order valence-corrected chi connectivity index (χ3v) is 11.0. The number of methoxy groups -OCH3 is 10. The lowest BCUT2D eigenvalue weighted by atomic mass is 10.1. The molecule has 11 rings (SSSR count). The zero-order chi connectivity index (χ0) is 92.6. The smallest absolute Gasteiger partial charge is 0.118 e. The topological polar surface area (TPSA) is 92.3 Å². The molecule has 0 saturated heterocycles. The summed E-state index contributed by atoms with van der Waals surface area (Å²) >= 11 is 0. The molecule has 0 bridgehead atoms. The Morgan fingerprint density at radius 3 is 0.328 bits per heavy atom. The first-order valence-corrected chi connectivity index (χ1v) is 41.9. The number of para-hydroxylation sites is 3. The Bertz CT molecular complexity index is 2630. The molecule has 11 aromatic rings. The maximum absolute atomic E-state index is 4.91. The minimum absolute atomic E-state index is 0.910. The highest BCUT2D eigenvalue weighted by atomic mass is 16.5. The van der Waals surface area contributed by atoms with Gasteiger partial charge in [-0.2, -0.15) is 0 Å². The molecule has 666 valence electrons. The van der Waals surface area contributed by atoms with Crippen molar-refractivity contribution in [3.63, 3.8) is 0 Å². The predicted octanol–water partition coefficient (Wildman–Crippen LogP) is 32.6. The highest BCUT2D eigenvalue weighted by Gasteiger charge is 1.93. The minimum Gasteiger partial charge on any atom is -0.497 e. The van der Waals surface area contributed by atoms with Crippen LogP contribution in [0.2, 0.25) is 0 Å². The van der Waals surface area contributed by atoms with Crippen LogP contribution in [0.3, 0.4) is 0 Å². The second-order valence-electron chi connectivity index (χ2n) is 19.6. The monoisotopic (exact) mass is 1620 g/mol. The van der Waals surface area contributed by atoms with Gasteiger partial charge < -0.3 is 47.4 Å². The standard InChI is InChI=1S/C13H12.3C10H8.3C7H8O.2C4H10.7C2H6O.10C2H6/c1-3-7-12(8-4-1)11-13-9-5-2-6-10-13;3*1-2-6-10-8-4-3-7-9(10)5-1;3*1-8-7-5-3-2-4-6-7;2*1-3-4-2;7*1-3-2;10*1-2/h1-10H,11H2;3*1-8H;3*2-6H,1H3;2*3-4H2,1-2H3;7*1-2H3;10*1-2H3. The van der Waals surface area contributed by atoms with E-state index < -0.39 is 0 Å². The van der Waals surface area contributed by atoms with Crippen molar-refractivity contribution >= 4 is 32.3 Å². The Labute approximate surface area is 720 Å². The van der Waals surface area contributed by atoms with E-state index in [1.54, 1.807) is 121 Å². The molecule has 11 aromatic carbocycles. The van der Waals surface area contributed by atoms with Gasteiger partial charge >= 0.3 is 0 Å². The van der Waals surface area contributed by atoms with E-state index in [9.17, 15) is 0 Å². The van der Waals surface area contributed by atoms with Gasteiger partial charge in [-0.15, -0.1) is 0 Å². The maximum atomic E-state index is 4.91. The molecule has 0 spiro atoms. The SMILES string of the molecule is CC.CC.CC.CC.CC.CC.CC.CC.CC.CC.CCCC.CCCC.COC.COC.COC.COC.COC.COC.COC.COc1ccccc1.COc1ccccc1.COc1ccccc1.c1ccc(Cc2ccccc2)cc1.c1ccc2ccccc2c1.c1ccc2ccccc2c1.c1ccc2ccccc2c1. The van der Waals surface area contributed by atoms with Gasteiger partial charge in [0.1, 0.15) is 17.2 Å². The Balaban J connectivity index is -0.0000000726. The Morgan fingerprint density at radius 2 is 0.241 bits per heavy atom. The summed E-state index contributed by atoms with van der Waals surface area (Å²) in [5.74, 6) is 2.73. The van der Waals surface area contributed by atoms with Gasteiger partial charge in [-0.25, -0.2) is 0 Å². The van der Waals surface area contributed by atoms with Crippen LogP contribution in [0.4, 0.5) is 0 Å². The number of hydrogen-bond acceptors (Lipinski definition) is 10. The van der Waals surface area contributed by atoms with Gasteiger partial charge in [0.15, 0.2) is 0 Å². The first-order chi connectivity index (χ1) is 56.9. The summed E-state index contributed by atoms with van der Waals surface area (Å²) in [4.78, 5) is 0. The van der Waals surface area contributed by atoms with Crippen molar-refractivity contribution in [3.05, 3.63) is 308 Å². The lowest BCUT2D eigenvalue weighted by molar-refractivity contribution is 0.277. The van der Waals surface area contributed by atoms with Gasteiger partial charge in [0, 0.05) is 99.5 Å². The molecule has 116 heavy (non-hydrogen) atoms. The molecule has 0 radical (unpaired) electrons. The largest absolute Gasteiger partial charge is 0.497 e. The van der Waals surface area contributed by atoms with Crippen LogP contribution in [0.5, 0.6) is 17.2 Å². The van der Waals surface area contributed by atoms with Crippen molar-refractivity contribution in [3.8, 4) is 17.2 Å². The number of ether oxygens (including phenoxy) is 10. The van der Waals surface area contributed by atoms with Gasteiger partial charge in [0.2, 0.25) is 0 Å². The highest BCUT2D eigenvalue weighted by Crippen LogP contribution is 2.14. The summed E-state index contributed by atoms with van der Waals surface area (Å²) < 4.78 is 44.5.